The normalized spacial score (nSPS) is 14.7. The molecule has 1 aliphatic carbocycles. The summed E-state index contributed by atoms with van der Waals surface area (Å²) in [6, 6.07) is 17.7. The van der Waals surface area contributed by atoms with E-state index in [2.05, 4.69) is 23.4 Å². The maximum Gasteiger partial charge on any atom is 0.195 e. The summed E-state index contributed by atoms with van der Waals surface area (Å²) in [4.78, 5) is 18.3. The molecule has 0 unspecified atom stereocenters. The van der Waals surface area contributed by atoms with Gasteiger partial charge in [-0.05, 0) is 54.8 Å². The Hall–Kier alpha value is -2.46. The Morgan fingerprint density at radius 1 is 1.00 bits per heavy atom. The smallest absolute Gasteiger partial charge is 0.195 e. The maximum atomic E-state index is 13.6. The molecule has 29 heavy (non-hydrogen) atoms. The highest BCUT2D eigenvalue weighted by Gasteiger charge is 2.29. The van der Waals surface area contributed by atoms with Crippen molar-refractivity contribution < 1.29 is 9.53 Å². The van der Waals surface area contributed by atoms with Crippen LogP contribution in [0, 0.1) is 0 Å². The average Bonchev–Trinajstić information content (AvgIpc) is 3.19. The van der Waals surface area contributed by atoms with Crippen molar-refractivity contribution in [3.05, 3.63) is 71.4 Å². The summed E-state index contributed by atoms with van der Waals surface area (Å²) in [5.74, 6) is 1.37. The van der Waals surface area contributed by atoms with Crippen LogP contribution in [0.25, 0.3) is 11.3 Å². The number of ether oxygens (including phenoxy) is 1. The molecule has 0 aliphatic heterocycles. The van der Waals surface area contributed by atoms with Crippen molar-refractivity contribution in [3.63, 3.8) is 0 Å². The number of methoxy groups -OCH3 is 1. The predicted octanol–water partition coefficient (Wildman–Crippen LogP) is 6.69. The SMILES string of the molecule is COc1ccc(-c2[nH]c(C3CCCCC3)c(C(=O)c3ccccc3)c2SC)cc1. The van der Waals surface area contributed by atoms with E-state index in [0.717, 1.165) is 51.6 Å². The summed E-state index contributed by atoms with van der Waals surface area (Å²) >= 11 is 1.65. The fourth-order valence-corrected chi connectivity index (χ4v) is 5.10. The summed E-state index contributed by atoms with van der Waals surface area (Å²) < 4.78 is 5.31. The fraction of sp³-hybridized carbons (Fsp3) is 0.320. The molecular formula is C25H27NO2S. The van der Waals surface area contributed by atoms with Crippen LogP contribution >= 0.6 is 11.8 Å². The number of aromatic nitrogens is 1. The van der Waals surface area contributed by atoms with Gasteiger partial charge in [0.25, 0.3) is 0 Å². The minimum atomic E-state index is 0.117. The lowest BCUT2D eigenvalue weighted by Crippen LogP contribution is -2.11. The zero-order valence-corrected chi connectivity index (χ0v) is 17.9. The lowest BCUT2D eigenvalue weighted by molar-refractivity contribution is 0.103. The molecule has 150 valence electrons. The van der Waals surface area contributed by atoms with E-state index in [-0.39, 0.29) is 5.78 Å². The Morgan fingerprint density at radius 3 is 2.31 bits per heavy atom. The second-order valence-corrected chi connectivity index (χ2v) is 8.40. The molecule has 0 bridgehead atoms. The van der Waals surface area contributed by atoms with Gasteiger partial charge in [-0.3, -0.25) is 4.79 Å². The van der Waals surface area contributed by atoms with Gasteiger partial charge in [0.15, 0.2) is 5.78 Å². The van der Waals surface area contributed by atoms with Crippen molar-refractivity contribution >= 4 is 17.5 Å². The van der Waals surface area contributed by atoms with E-state index in [4.69, 9.17) is 4.74 Å². The standard InChI is InChI=1S/C25H27NO2S/c1-28-20-15-13-18(14-16-20)23-25(29-2)21(24(27)19-11-7-4-8-12-19)22(26-23)17-9-5-3-6-10-17/h4,7-8,11-17,26H,3,5-6,9-10H2,1-2H3. The largest absolute Gasteiger partial charge is 0.497 e. The summed E-state index contributed by atoms with van der Waals surface area (Å²) in [6.07, 6.45) is 8.10. The molecule has 4 heteroatoms. The van der Waals surface area contributed by atoms with Gasteiger partial charge in [0.1, 0.15) is 5.75 Å². The van der Waals surface area contributed by atoms with E-state index in [1.165, 1.54) is 19.3 Å². The van der Waals surface area contributed by atoms with Crippen LogP contribution in [0.1, 0.15) is 59.6 Å². The zero-order valence-electron chi connectivity index (χ0n) is 17.0. The van der Waals surface area contributed by atoms with Crippen LogP contribution in [-0.4, -0.2) is 24.1 Å². The van der Waals surface area contributed by atoms with Crippen molar-refractivity contribution in [3.8, 4) is 17.0 Å². The highest BCUT2D eigenvalue weighted by Crippen LogP contribution is 2.42. The first-order valence-electron chi connectivity index (χ1n) is 10.3. The number of rotatable bonds is 6. The molecule has 0 spiro atoms. The molecule has 2 aromatic carbocycles. The molecule has 0 saturated heterocycles. The molecule has 1 fully saturated rings. The van der Waals surface area contributed by atoms with E-state index in [9.17, 15) is 4.79 Å². The van der Waals surface area contributed by atoms with Crippen molar-refractivity contribution in [1.29, 1.82) is 0 Å². The van der Waals surface area contributed by atoms with Crippen LogP contribution in [-0.2, 0) is 0 Å². The fourth-order valence-electron chi connectivity index (χ4n) is 4.32. The van der Waals surface area contributed by atoms with Gasteiger partial charge < -0.3 is 9.72 Å². The van der Waals surface area contributed by atoms with Gasteiger partial charge in [-0.2, -0.15) is 0 Å². The molecule has 0 radical (unpaired) electrons. The number of aromatic amines is 1. The van der Waals surface area contributed by atoms with E-state index < -0.39 is 0 Å². The minimum Gasteiger partial charge on any atom is -0.497 e. The van der Waals surface area contributed by atoms with E-state index in [0.29, 0.717) is 5.92 Å². The van der Waals surface area contributed by atoms with E-state index in [1.807, 2.05) is 42.5 Å². The third-order valence-corrected chi connectivity index (χ3v) is 6.66. The van der Waals surface area contributed by atoms with Gasteiger partial charge >= 0.3 is 0 Å². The van der Waals surface area contributed by atoms with Crippen LogP contribution in [0.2, 0.25) is 0 Å². The Labute approximate surface area is 176 Å². The van der Waals surface area contributed by atoms with E-state index in [1.54, 1.807) is 18.9 Å². The molecule has 3 aromatic rings. The number of benzene rings is 2. The predicted molar refractivity (Wildman–Crippen MR) is 120 cm³/mol. The molecule has 1 aliphatic rings. The van der Waals surface area contributed by atoms with E-state index >= 15 is 0 Å². The summed E-state index contributed by atoms with van der Waals surface area (Å²) in [5, 5.41) is 0. The second-order valence-electron chi connectivity index (χ2n) is 7.58. The third-order valence-electron chi connectivity index (χ3n) is 5.84. The number of nitrogens with one attached hydrogen (secondary N) is 1. The lowest BCUT2D eigenvalue weighted by Gasteiger charge is -2.22. The Bertz CT molecular complexity index is 970. The number of hydrogen-bond acceptors (Lipinski definition) is 3. The topological polar surface area (TPSA) is 42.1 Å². The van der Waals surface area contributed by atoms with Gasteiger partial charge in [0, 0.05) is 16.2 Å². The second kappa shape index (κ2) is 8.91. The number of hydrogen-bond donors (Lipinski definition) is 1. The van der Waals surface area contributed by atoms with Crippen LogP contribution in [0.5, 0.6) is 5.75 Å². The van der Waals surface area contributed by atoms with Gasteiger partial charge in [-0.25, -0.2) is 0 Å². The molecule has 1 heterocycles. The monoisotopic (exact) mass is 405 g/mol. The molecule has 1 N–H and O–H groups in total. The number of carbonyl (C=O) groups excluding carboxylic acids is 1. The first-order valence-corrected chi connectivity index (χ1v) is 11.5. The van der Waals surface area contributed by atoms with Crippen LogP contribution in [0.4, 0.5) is 0 Å². The summed E-state index contributed by atoms with van der Waals surface area (Å²) in [7, 11) is 1.68. The quantitative estimate of drug-likeness (QED) is 0.367. The minimum absolute atomic E-state index is 0.117. The van der Waals surface area contributed by atoms with Gasteiger partial charge in [-0.15, -0.1) is 11.8 Å². The van der Waals surface area contributed by atoms with Crippen molar-refractivity contribution in [2.75, 3.05) is 13.4 Å². The highest BCUT2D eigenvalue weighted by atomic mass is 32.2. The van der Waals surface area contributed by atoms with Crippen molar-refractivity contribution in [1.82, 2.24) is 4.98 Å². The molecule has 1 saturated carbocycles. The Balaban J connectivity index is 1.86. The molecule has 0 atom stereocenters. The molecule has 0 amide bonds. The van der Waals surface area contributed by atoms with Gasteiger partial charge in [-0.1, -0.05) is 49.6 Å². The average molecular weight is 406 g/mol. The Kier molecular flexibility index (Phi) is 6.10. The van der Waals surface area contributed by atoms with Gasteiger partial charge in [0.05, 0.1) is 18.4 Å². The summed E-state index contributed by atoms with van der Waals surface area (Å²) in [5.41, 5.74) is 4.86. The first-order chi connectivity index (χ1) is 14.2. The molecular weight excluding hydrogens is 378 g/mol. The van der Waals surface area contributed by atoms with Gasteiger partial charge in [0.2, 0.25) is 0 Å². The maximum absolute atomic E-state index is 13.6. The van der Waals surface area contributed by atoms with Crippen LogP contribution in [0.15, 0.2) is 59.5 Å². The number of ketones is 1. The molecule has 1 aromatic heterocycles. The number of carbonyl (C=O) groups is 1. The number of thioether (sulfide) groups is 1. The zero-order chi connectivity index (χ0) is 20.2. The number of H-pyrrole nitrogens is 1. The van der Waals surface area contributed by atoms with Crippen LogP contribution in [0.3, 0.4) is 0 Å². The third kappa shape index (κ3) is 3.99. The van der Waals surface area contributed by atoms with Crippen molar-refractivity contribution in [2.45, 2.75) is 42.9 Å². The lowest BCUT2D eigenvalue weighted by atomic mass is 9.84. The Morgan fingerprint density at radius 2 is 1.69 bits per heavy atom. The van der Waals surface area contributed by atoms with Crippen molar-refractivity contribution in [2.24, 2.45) is 0 Å². The first kappa shape index (κ1) is 19.8. The summed E-state index contributed by atoms with van der Waals surface area (Å²) in [6.45, 7) is 0. The molecule has 4 rings (SSSR count). The molecule has 3 nitrogen and oxygen atoms in total. The highest BCUT2D eigenvalue weighted by molar-refractivity contribution is 7.98. The van der Waals surface area contributed by atoms with Crippen LogP contribution < -0.4 is 4.74 Å².